The minimum atomic E-state index is 0.500. The number of nitrogens with one attached hydrogen (secondary N) is 2. The predicted molar refractivity (Wildman–Crippen MR) is 92.6 cm³/mol. The van der Waals surface area contributed by atoms with Gasteiger partial charge < -0.3 is 10.3 Å². The lowest BCUT2D eigenvalue weighted by Gasteiger charge is -2.38. The fourth-order valence-corrected chi connectivity index (χ4v) is 3.77. The summed E-state index contributed by atoms with van der Waals surface area (Å²) in [6.07, 6.45) is 3.42. The van der Waals surface area contributed by atoms with E-state index in [4.69, 9.17) is 0 Å². The van der Waals surface area contributed by atoms with Crippen LogP contribution in [-0.4, -0.2) is 36.1 Å². The molecular formula is C17H24BrN3. The molecule has 4 heteroatoms. The Hall–Kier alpha value is -0.840. The third-order valence-electron chi connectivity index (χ3n) is 4.72. The van der Waals surface area contributed by atoms with Crippen molar-refractivity contribution in [3.63, 3.8) is 0 Å². The van der Waals surface area contributed by atoms with Crippen molar-refractivity contribution < 1.29 is 0 Å². The summed E-state index contributed by atoms with van der Waals surface area (Å²) in [6.45, 7) is 9.14. The van der Waals surface area contributed by atoms with Crippen molar-refractivity contribution in [1.29, 1.82) is 0 Å². The Labute approximate surface area is 135 Å². The van der Waals surface area contributed by atoms with Crippen LogP contribution in [0.3, 0.4) is 0 Å². The molecule has 114 valence electrons. The summed E-state index contributed by atoms with van der Waals surface area (Å²) in [5.74, 6) is 0.654. The largest absolute Gasteiger partial charge is 0.361 e. The van der Waals surface area contributed by atoms with Crippen molar-refractivity contribution in [3.05, 3.63) is 34.4 Å². The highest BCUT2D eigenvalue weighted by Crippen LogP contribution is 2.36. The summed E-state index contributed by atoms with van der Waals surface area (Å²) in [5.41, 5.74) is 2.68. The van der Waals surface area contributed by atoms with Crippen LogP contribution < -0.4 is 5.32 Å². The van der Waals surface area contributed by atoms with Gasteiger partial charge >= 0.3 is 0 Å². The van der Waals surface area contributed by atoms with Crippen LogP contribution in [0.5, 0.6) is 0 Å². The Morgan fingerprint density at radius 2 is 2.05 bits per heavy atom. The molecule has 1 unspecified atom stereocenters. The first-order chi connectivity index (χ1) is 10.2. The van der Waals surface area contributed by atoms with Gasteiger partial charge in [0, 0.05) is 53.8 Å². The molecule has 1 aliphatic heterocycles. The third-order valence-corrected chi connectivity index (χ3v) is 5.22. The molecule has 21 heavy (non-hydrogen) atoms. The smallest absolute Gasteiger partial charge is 0.0458 e. The van der Waals surface area contributed by atoms with Gasteiger partial charge in [0.1, 0.15) is 0 Å². The van der Waals surface area contributed by atoms with Gasteiger partial charge in [-0.3, -0.25) is 4.90 Å². The van der Waals surface area contributed by atoms with E-state index in [9.17, 15) is 0 Å². The first kappa shape index (κ1) is 15.1. The maximum Gasteiger partial charge on any atom is 0.0458 e. The fraction of sp³-hybridized carbons (Fsp3) is 0.529. The van der Waals surface area contributed by atoms with Crippen LogP contribution in [-0.2, 0) is 0 Å². The number of piperazine rings is 1. The lowest BCUT2D eigenvalue weighted by Crippen LogP contribution is -2.46. The van der Waals surface area contributed by atoms with Gasteiger partial charge in [-0.1, -0.05) is 36.2 Å². The summed E-state index contributed by atoms with van der Waals surface area (Å²) < 4.78 is 1.15. The van der Waals surface area contributed by atoms with Crippen molar-refractivity contribution in [3.8, 4) is 0 Å². The van der Waals surface area contributed by atoms with Crippen LogP contribution in [0.2, 0.25) is 0 Å². The lowest BCUT2D eigenvalue weighted by molar-refractivity contribution is 0.129. The van der Waals surface area contributed by atoms with E-state index in [2.05, 4.69) is 69.4 Å². The highest BCUT2D eigenvalue weighted by molar-refractivity contribution is 9.10. The number of rotatable bonds is 4. The SMILES string of the molecule is CCC(C)[C@H](c1c[nH]c2ccc(Br)cc12)N1CCNCC1. The molecule has 2 aromatic rings. The minimum Gasteiger partial charge on any atom is -0.361 e. The van der Waals surface area contributed by atoms with E-state index in [1.807, 2.05) is 0 Å². The molecule has 1 aromatic carbocycles. The lowest BCUT2D eigenvalue weighted by atomic mass is 9.90. The van der Waals surface area contributed by atoms with Gasteiger partial charge in [0.2, 0.25) is 0 Å². The van der Waals surface area contributed by atoms with Gasteiger partial charge in [0.05, 0.1) is 0 Å². The number of halogens is 1. The number of H-pyrrole nitrogens is 1. The summed E-state index contributed by atoms with van der Waals surface area (Å²) >= 11 is 3.61. The molecule has 2 heterocycles. The molecule has 2 atom stereocenters. The molecule has 1 aliphatic rings. The van der Waals surface area contributed by atoms with Gasteiger partial charge in [-0.15, -0.1) is 0 Å². The summed E-state index contributed by atoms with van der Waals surface area (Å²) in [6, 6.07) is 7.01. The zero-order valence-electron chi connectivity index (χ0n) is 12.8. The van der Waals surface area contributed by atoms with Gasteiger partial charge in [0.25, 0.3) is 0 Å². The average molecular weight is 350 g/mol. The topological polar surface area (TPSA) is 31.1 Å². The zero-order valence-corrected chi connectivity index (χ0v) is 14.4. The van der Waals surface area contributed by atoms with Crippen molar-refractivity contribution in [2.45, 2.75) is 26.3 Å². The molecular weight excluding hydrogens is 326 g/mol. The molecule has 1 aromatic heterocycles. The number of nitrogens with zero attached hydrogens (tertiary/aromatic N) is 1. The van der Waals surface area contributed by atoms with Crippen LogP contribution in [0.15, 0.2) is 28.9 Å². The average Bonchev–Trinajstić information content (AvgIpc) is 2.91. The quantitative estimate of drug-likeness (QED) is 0.876. The third kappa shape index (κ3) is 3.03. The molecule has 1 fully saturated rings. The molecule has 0 radical (unpaired) electrons. The molecule has 2 N–H and O–H groups in total. The van der Waals surface area contributed by atoms with Gasteiger partial charge in [-0.25, -0.2) is 0 Å². The predicted octanol–water partition coefficient (Wildman–Crippen LogP) is 3.92. The maximum absolute atomic E-state index is 3.61. The fourth-order valence-electron chi connectivity index (χ4n) is 3.41. The molecule has 0 amide bonds. The first-order valence-electron chi connectivity index (χ1n) is 7.92. The normalized spacial score (nSPS) is 19.8. The summed E-state index contributed by atoms with van der Waals surface area (Å²) in [4.78, 5) is 6.10. The van der Waals surface area contributed by atoms with Crippen LogP contribution in [0.4, 0.5) is 0 Å². The van der Waals surface area contributed by atoms with Crippen LogP contribution in [0.25, 0.3) is 10.9 Å². The number of hydrogen-bond donors (Lipinski definition) is 2. The Kier molecular flexibility index (Phi) is 4.67. The molecule has 0 aliphatic carbocycles. The molecule has 3 nitrogen and oxygen atoms in total. The van der Waals surface area contributed by atoms with Gasteiger partial charge in [-0.05, 0) is 29.7 Å². The van der Waals surface area contributed by atoms with E-state index >= 15 is 0 Å². The molecule has 1 saturated heterocycles. The molecule has 0 saturated carbocycles. The number of aromatic nitrogens is 1. The van der Waals surface area contributed by atoms with E-state index in [1.165, 1.54) is 22.9 Å². The standard InChI is InChI=1S/C17H24BrN3/c1-3-12(2)17(21-8-6-19-7-9-21)15-11-20-16-5-4-13(18)10-14(15)16/h4-5,10-12,17,19-20H,3,6-9H2,1-2H3/t12?,17-/m1/s1. The van der Waals surface area contributed by atoms with E-state index < -0.39 is 0 Å². The van der Waals surface area contributed by atoms with Crippen LogP contribution in [0, 0.1) is 5.92 Å². The van der Waals surface area contributed by atoms with Crippen molar-refractivity contribution in [2.24, 2.45) is 5.92 Å². The Morgan fingerprint density at radius 3 is 2.76 bits per heavy atom. The van der Waals surface area contributed by atoms with E-state index in [-0.39, 0.29) is 0 Å². The number of benzene rings is 1. The highest BCUT2D eigenvalue weighted by Gasteiger charge is 2.28. The number of fused-ring (bicyclic) bond motifs is 1. The van der Waals surface area contributed by atoms with Crippen LogP contribution in [0.1, 0.15) is 31.9 Å². The second kappa shape index (κ2) is 6.51. The van der Waals surface area contributed by atoms with E-state index in [0.717, 1.165) is 30.7 Å². The summed E-state index contributed by atoms with van der Waals surface area (Å²) in [5, 5.41) is 4.82. The van der Waals surface area contributed by atoms with E-state index in [0.29, 0.717) is 12.0 Å². The molecule has 3 rings (SSSR count). The number of hydrogen-bond acceptors (Lipinski definition) is 2. The van der Waals surface area contributed by atoms with Gasteiger partial charge in [-0.2, -0.15) is 0 Å². The van der Waals surface area contributed by atoms with Crippen molar-refractivity contribution in [2.75, 3.05) is 26.2 Å². The van der Waals surface area contributed by atoms with Crippen molar-refractivity contribution >= 4 is 26.8 Å². The van der Waals surface area contributed by atoms with Gasteiger partial charge in [0.15, 0.2) is 0 Å². The van der Waals surface area contributed by atoms with E-state index in [1.54, 1.807) is 0 Å². The second-order valence-corrected chi connectivity index (χ2v) is 6.97. The highest BCUT2D eigenvalue weighted by atomic mass is 79.9. The Balaban J connectivity index is 2.02. The van der Waals surface area contributed by atoms with Crippen LogP contribution >= 0.6 is 15.9 Å². The van der Waals surface area contributed by atoms with Crippen molar-refractivity contribution in [1.82, 2.24) is 15.2 Å². The maximum atomic E-state index is 3.61. The Morgan fingerprint density at radius 1 is 1.29 bits per heavy atom. The second-order valence-electron chi connectivity index (χ2n) is 6.05. The monoisotopic (exact) mass is 349 g/mol. The number of aromatic amines is 1. The first-order valence-corrected chi connectivity index (χ1v) is 8.71. The Bertz CT molecular complexity index is 601. The minimum absolute atomic E-state index is 0.500. The zero-order chi connectivity index (χ0) is 14.8. The summed E-state index contributed by atoms with van der Waals surface area (Å²) in [7, 11) is 0. The molecule has 0 spiro atoms. The molecule has 0 bridgehead atoms.